The number of nitrogens with two attached hydrogens (primary N) is 1. The molecule has 0 amide bonds. The van der Waals surface area contributed by atoms with Gasteiger partial charge < -0.3 is 5.73 Å². The van der Waals surface area contributed by atoms with Gasteiger partial charge in [-0.3, -0.25) is 9.98 Å². The van der Waals surface area contributed by atoms with Gasteiger partial charge in [-0.2, -0.15) is 0 Å². The van der Waals surface area contributed by atoms with Crippen molar-refractivity contribution in [2.24, 2.45) is 10.7 Å². The third-order valence-electron chi connectivity index (χ3n) is 5.42. The Morgan fingerprint density at radius 2 is 2.00 bits per heavy atom. The highest BCUT2D eigenvalue weighted by atomic mass is 35.5. The average molecular weight is 417 g/mol. The van der Waals surface area contributed by atoms with Gasteiger partial charge in [-0.15, -0.1) is 11.3 Å². The first-order valence-corrected chi connectivity index (χ1v) is 11.1. The lowest BCUT2D eigenvalue weighted by Crippen LogP contribution is -2.42. The molecule has 140 valence electrons. The van der Waals surface area contributed by atoms with Crippen molar-refractivity contribution in [3.8, 4) is 10.4 Å². The monoisotopic (exact) mass is 416 g/mol. The molecule has 0 bridgehead atoms. The van der Waals surface area contributed by atoms with Crippen LogP contribution in [0.5, 0.6) is 0 Å². The molecule has 7 heteroatoms. The zero-order valence-corrected chi connectivity index (χ0v) is 17.6. The first kappa shape index (κ1) is 18.8. The van der Waals surface area contributed by atoms with E-state index in [4.69, 9.17) is 28.9 Å². The minimum Gasteiger partial charge on any atom is -0.378 e. The van der Waals surface area contributed by atoms with Gasteiger partial charge in [0.2, 0.25) is 5.69 Å². The van der Waals surface area contributed by atoms with Gasteiger partial charge >= 0.3 is 0 Å². The van der Waals surface area contributed by atoms with Crippen molar-refractivity contribution in [2.45, 2.75) is 55.7 Å². The van der Waals surface area contributed by atoms with Gasteiger partial charge in [-0.1, -0.05) is 42.6 Å². The molecular weight excluding hydrogens is 396 g/mol. The van der Waals surface area contributed by atoms with Crippen LogP contribution in [0.15, 0.2) is 29.5 Å². The van der Waals surface area contributed by atoms with Crippen LogP contribution in [0.4, 0.5) is 5.69 Å². The molecule has 0 aromatic carbocycles. The Hall–Kier alpha value is -1.55. The molecule has 2 aromatic rings. The molecule has 0 radical (unpaired) electrons. The third kappa shape index (κ3) is 3.61. The van der Waals surface area contributed by atoms with Gasteiger partial charge in [0, 0.05) is 22.0 Å². The Kier molecular flexibility index (Phi) is 4.96. The molecule has 1 aliphatic heterocycles. The lowest BCUT2D eigenvalue weighted by atomic mass is 9.78. The van der Waals surface area contributed by atoms with E-state index >= 15 is 0 Å². The van der Waals surface area contributed by atoms with Crippen molar-refractivity contribution in [3.63, 3.8) is 0 Å². The number of pyridine rings is 1. The fraction of sp³-hybridized carbons (Fsp3) is 0.450. The van der Waals surface area contributed by atoms with Crippen LogP contribution in [-0.4, -0.2) is 14.9 Å². The second-order valence-corrected chi connectivity index (χ2v) is 10.5. The highest BCUT2D eigenvalue weighted by Gasteiger charge is 2.46. The normalized spacial score (nSPS) is 24.4. The van der Waals surface area contributed by atoms with E-state index in [1.807, 2.05) is 12.1 Å². The maximum Gasteiger partial charge on any atom is 0.205 e. The van der Waals surface area contributed by atoms with Crippen LogP contribution in [0.25, 0.3) is 15.3 Å². The molecule has 27 heavy (non-hydrogen) atoms. The quantitative estimate of drug-likeness (QED) is 0.577. The maximum atomic E-state index is 7.20. The number of hydrogen-bond donors (Lipinski definition) is 1. The van der Waals surface area contributed by atoms with Crippen LogP contribution in [0.1, 0.15) is 50.3 Å². The first-order chi connectivity index (χ1) is 12.9. The van der Waals surface area contributed by atoms with Crippen LogP contribution in [0.2, 0.25) is 5.02 Å². The highest BCUT2D eigenvalue weighted by molar-refractivity contribution is 8.15. The topological polar surface area (TPSA) is 55.6 Å². The van der Waals surface area contributed by atoms with Crippen molar-refractivity contribution in [2.75, 3.05) is 0 Å². The Morgan fingerprint density at radius 1 is 1.22 bits per heavy atom. The first-order valence-electron chi connectivity index (χ1n) is 9.10. The molecular formula is C20H21ClN4S2. The predicted molar refractivity (Wildman–Crippen MR) is 116 cm³/mol. The van der Waals surface area contributed by atoms with Gasteiger partial charge in [0.15, 0.2) is 5.17 Å². The zero-order chi connectivity index (χ0) is 19.1. The number of aromatic nitrogens is 1. The van der Waals surface area contributed by atoms with Gasteiger partial charge in [0.25, 0.3) is 0 Å². The number of rotatable bonds is 2. The zero-order valence-electron chi connectivity index (χ0n) is 15.2. The van der Waals surface area contributed by atoms with E-state index in [1.165, 1.54) is 32.1 Å². The molecule has 2 aliphatic rings. The molecule has 3 heterocycles. The smallest absolute Gasteiger partial charge is 0.205 e. The van der Waals surface area contributed by atoms with E-state index in [0.717, 1.165) is 26.8 Å². The number of amidine groups is 1. The SMILES string of the molecule is [C-]#[N+]c1cncc(-c2cc(Cl)c(C3(C)CC4(CCCCC4)SC(N)=N3)s2)c1. The number of hydrogen-bond acceptors (Lipinski definition) is 5. The molecule has 1 aliphatic carbocycles. The van der Waals surface area contributed by atoms with Gasteiger partial charge in [0.1, 0.15) is 0 Å². The average Bonchev–Trinajstić information content (AvgIpc) is 3.04. The highest BCUT2D eigenvalue weighted by Crippen LogP contribution is 2.54. The number of thiophene rings is 1. The standard InChI is InChI=1S/C20H21ClN4S2/c1-19(12-20(27-18(22)25-19)6-4-3-5-7-20)17-15(21)9-16(26-17)13-8-14(23-2)11-24-10-13/h8-11H,3-7,12H2,1H3,(H2,22,25). The van der Waals surface area contributed by atoms with Crippen molar-refractivity contribution in [3.05, 3.63) is 45.8 Å². The lowest BCUT2D eigenvalue weighted by molar-refractivity contribution is 0.306. The van der Waals surface area contributed by atoms with E-state index in [9.17, 15) is 0 Å². The number of aliphatic imine (C=N–C) groups is 1. The summed E-state index contributed by atoms with van der Waals surface area (Å²) >= 11 is 10.1. The molecule has 1 fully saturated rings. The number of thioether (sulfide) groups is 1. The largest absolute Gasteiger partial charge is 0.378 e. The van der Waals surface area contributed by atoms with Crippen LogP contribution in [-0.2, 0) is 5.54 Å². The van der Waals surface area contributed by atoms with E-state index in [1.54, 1.807) is 35.5 Å². The summed E-state index contributed by atoms with van der Waals surface area (Å²) in [5.41, 5.74) is 7.33. The van der Waals surface area contributed by atoms with Crippen LogP contribution in [0.3, 0.4) is 0 Å². The molecule has 1 saturated carbocycles. The van der Waals surface area contributed by atoms with Crippen molar-refractivity contribution >= 4 is 45.6 Å². The van der Waals surface area contributed by atoms with Crippen LogP contribution < -0.4 is 5.73 Å². The Morgan fingerprint density at radius 3 is 2.74 bits per heavy atom. The molecule has 4 rings (SSSR count). The fourth-order valence-electron chi connectivity index (χ4n) is 4.30. The third-order valence-corrected chi connectivity index (χ3v) is 8.56. The van der Waals surface area contributed by atoms with E-state index < -0.39 is 5.54 Å². The fourth-order valence-corrected chi connectivity index (χ4v) is 7.45. The molecule has 1 spiro atoms. The Bertz CT molecular complexity index is 940. The molecule has 2 aromatic heterocycles. The summed E-state index contributed by atoms with van der Waals surface area (Å²) in [6.07, 6.45) is 10.5. The van der Waals surface area contributed by atoms with Crippen molar-refractivity contribution in [1.29, 1.82) is 0 Å². The Labute approximate surface area is 173 Å². The summed E-state index contributed by atoms with van der Waals surface area (Å²) in [4.78, 5) is 14.6. The summed E-state index contributed by atoms with van der Waals surface area (Å²) in [5, 5.41) is 1.40. The number of halogens is 1. The predicted octanol–water partition coefficient (Wildman–Crippen LogP) is 6.38. The van der Waals surface area contributed by atoms with Crippen LogP contribution >= 0.6 is 34.7 Å². The van der Waals surface area contributed by atoms with E-state index in [-0.39, 0.29) is 4.75 Å². The van der Waals surface area contributed by atoms with E-state index in [2.05, 4.69) is 16.8 Å². The summed E-state index contributed by atoms with van der Waals surface area (Å²) in [7, 11) is 0. The minimum atomic E-state index is -0.405. The van der Waals surface area contributed by atoms with Crippen LogP contribution in [0, 0.1) is 6.57 Å². The van der Waals surface area contributed by atoms with E-state index in [0.29, 0.717) is 10.9 Å². The van der Waals surface area contributed by atoms with Crippen molar-refractivity contribution < 1.29 is 0 Å². The molecule has 1 atom stereocenters. The summed E-state index contributed by atoms with van der Waals surface area (Å²) in [5.74, 6) is 0. The lowest BCUT2D eigenvalue weighted by Gasteiger charge is -2.45. The molecule has 1 unspecified atom stereocenters. The number of nitrogens with zero attached hydrogens (tertiary/aromatic N) is 3. The summed E-state index contributed by atoms with van der Waals surface area (Å²) < 4.78 is 0.178. The Balaban J connectivity index is 1.73. The second-order valence-electron chi connectivity index (χ2n) is 7.58. The van der Waals surface area contributed by atoms with Gasteiger partial charge in [0.05, 0.1) is 22.0 Å². The summed E-state index contributed by atoms with van der Waals surface area (Å²) in [6.45, 7) is 9.36. The van der Waals surface area contributed by atoms with Gasteiger partial charge in [-0.25, -0.2) is 4.85 Å². The summed E-state index contributed by atoms with van der Waals surface area (Å²) in [6, 6.07) is 3.82. The second kappa shape index (κ2) is 7.12. The molecule has 2 N–H and O–H groups in total. The van der Waals surface area contributed by atoms with Crippen molar-refractivity contribution in [1.82, 2.24) is 4.98 Å². The maximum absolute atomic E-state index is 7.20. The van der Waals surface area contributed by atoms with Gasteiger partial charge in [-0.05, 0) is 43.9 Å². The molecule has 4 nitrogen and oxygen atoms in total. The minimum absolute atomic E-state index is 0.178. The molecule has 0 saturated heterocycles.